The third-order valence-electron chi connectivity index (χ3n) is 8.96. The molecule has 3 heterocycles. The van der Waals surface area contributed by atoms with Crippen LogP contribution >= 0.6 is 0 Å². The van der Waals surface area contributed by atoms with Crippen LogP contribution in [0.4, 0.5) is 16.2 Å². The minimum atomic E-state index is -0.504. The Balaban J connectivity index is 1.37. The van der Waals surface area contributed by atoms with Crippen LogP contribution in [0, 0.1) is 19.8 Å². The highest BCUT2D eigenvalue weighted by atomic mass is 16.7. The zero-order chi connectivity index (χ0) is 35.1. The number of carbonyl (C=O) groups is 2. The van der Waals surface area contributed by atoms with Crippen molar-refractivity contribution in [2.75, 3.05) is 50.8 Å². The number of aliphatic hydroxyl groups is 1. The van der Waals surface area contributed by atoms with Crippen molar-refractivity contribution >= 4 is 23.3 Å². The molecule has 3 aromatic rings. The van der Waals surface area contributed by atoms with Crippen LogP contribution in [0.1, 0.15) is 67.4 Å². The number of likely N-dealkylation sites (N-methyl/N-ethyl adjacent to an activating group) is 1. The number of aliphatic hydroxyl groups excluding tert-OH is 1. The molecule has 2 aromatic carbocycles. The van der Waals surface area contributed by atoms with Gasteiger partial charge in [0.1, 0.15) is 17.1 Å². The Kier molecular flexibility index (Phi) is 12.0. The first-order valence-electron chi connectivity index (χ1n) is 16.9. The quantitative estimate of drug-likeness (QED) is 0.275. The molecule has 0 bridgehead atoms. The monoisotopic (exact) mass is 679 g/mol. The predicted octanol–water partition coefficient (Wildman–Crippen LogP) is 5.59. The summed E-state index contributed by atoms with van der Waals surface area (Å²) in [6.45, 7) is 11.6. The molecule has 0 unspecified atom stereocenters. The van der Waals surface area contributed by atoms with Crippen LogP contribution in [0.5, 0.6) is 17.2 Å². The molecule has 4 atom stereocenters. The maximum absolute atomic E-state index is 14.4. The number of urea groups is 1. The number of ether oxygens (including phenoxy) is 4. The summed E-state index contributed by atoms with van der Waals surface area (Å²) < 4.78 is 29.0. The minimum absolute atomic E-state index is 0.0782. The maximum Gasteiger partial charge on any atom is 0.323 e. The van der Waals surface area contributed by atoms with E-state index in [1.165, 1.54) is 0 Å². The fraction of sp³-hybridized carbons (Fsp3) is 0.528. The summed E-state index contributed by atoms with van der Waals surface area (Å²) in [7, 11) is 2.05. The van der Waals surface area contributed by atoms with Gasteiger partial charge < -0.3 is 44.1 Å². The predicted molar refractivity (Wildman–Crippen MR) is 184 cm³/mol. The molecular formula is C36H49N5O8. The summed E-state index contributed by atoms with van der Waals surface area (Å²) in [4.78, 5) is 31.2. The summed E-state index contributed by atoms with van der Waals surface area (Å²) in [5.41, 5.74) is 2.84. The Morgan fingerprint density at radius 2 is 1.86 bits per heavy atom. The first-order chi connectivity index (χ1) is 23.5. The number of rotatable bonds is 8. The Hall–Kier alpha value is -4.33. The molecule has 266 valence electrons. The first-order valence-corrected chi connectivity index (χ1v) is 16.9. The summed E-state index contributed by atoms with van der Waals surface area (Å²) in [6, 6.07) is 10.0. The highest BCUT2D eigenvalue weighted by molar-refractivity contribution is 6.03. The number of aromatic nitrogens is 1. The van der Waals surface area contributed by atoms with Crippen LogP contribution in [0.3, 0.4) is 0 Å². The molecule has 0 aliphatic carbocycles. The van der Waals surface area contributed by atoms with Gasteiger partial charge in [-0.05, 0) is 89.9 Å². The summed E-state index contributed by atoms with van der Waals surface area (Å²) in [6.07, 6.45) is 2.19. The lowest BCUT2D eigenvalue weighted by Gasteiger charge is -2.36. The average molecular weight is 680 g/mol. The summed E-state index contributed by atoms with van der Waals surface area (Å²) in [5.74, 6) is 2.02. The van der Waals surface area contributed by atoms with Crippen molar-refractivity contribution in [3.8, 4) is 17.2 Å². The number of nitrogens with zero attached hydrogens (tertiary/aromatic N) is 3. The normalized spacial score (nSPS) is 20.7. The van der Waals surface area contributed by atoms with E-state index in [1.807, 2.05) is 32.0 Å². The van der Waals surface area contributed by atoms with Crippen LogP contribution in [0.2, 0.25) is 0 Å². The van der Waals surface area contributed by atoms with E-state index >= 15 is 0 Å². The number of anilines is 2. The largest absolute Gasteiger partial charge is 0.490 e. The maximum atomic E-state index is 14.4. The molecule has 3 N–H and O–H groups in total. The first kappa shape index (κ1) is 36.0. The van der Waals surface area contributed by atoms with E-state index in [-0.39, 0.29) is 37.4 Å². The molecule has 0 saturated carbocycles. The van der Waals surface area contributed by atoms with Crippen LogP contribution in [-0.4, -0.2) is 90.4 Å². The minimum Gasteiger partial charge on any atom is -0.490 e. The summed E-state index contributed by atoms with van der Waals surface area (Å²) >= 11 is 0. The van der Waals surface area contributed by atoms with Gasteiger partial charge >= 0.3 is 6.03 Å². The van der Waals surface area contributed by atoms with Gasteiger partial charge in [0.05, 0.1) is 30.4 Å². The number of nitrogens with one attached hydrogen (secondary N) is 2. The second-order valence-corrected chi connectivity index (χ2v) is 13.2. The fourth-order valence-electron chi connectivity index (χ4n) is 6.12. The average Bonchev–Trinajstić information content (AvgIpc) is 3.67. The topological polar surface area (TPSA) is 148 Å². The van der Waals surface area contributed by atoms with E-state index in [2.05, 4.69) is 34.7 Å². The lowest BCUT2D eigenvalue weighted by Crippen LogP contribution is -2.47. The van der Waals surface area contributed by atoms with Crippen LogP contribution in [0.25, 0.3) is 0 Å². The van der Waals surface area contributed by atoms with Crippen molar-refractivity contribution < 1.29 is 38.2 Å². The van der Waals surface area contributed by atoms with Gasteiger partial charge in [-0.15, -0.1) is 0 Å². The molecule has 49 heavy (non-hydrogen) atoms. The number of hydrogen-bond donors (Lipinski definition) is 3. The smallest absolute Gasteiger partial charge is 0.323 e. The van der Waals surface area contributed by atoms with Gasteiger partial charge in [-0.1, -0.05) is 18.1 Å². The van der Waals surface area contributed by atoms with Gasteiger partial charge in [0, 0.05) is 37.8 Å². The van der Waals surface area contributed by atoms with Crippen molar-refractivity contribution in [2.24, 2.45) is 5.92 Å². The van der Waals surface area contributed by atoms with Crippen molar-refractivity contribution in [2.45, 2.75) is 78.7 Å². The highest BCUT2D eigenvalue weighted by Gasteiger charge is 2.30. The van der Waals surface area contributed by atoms with E-state index < -0.39 is 12.1 Å². The lowest BCUT2D eigenvalue weighted by molar-refractivity contribution is -0.0177. The summed E-state index contributed by atoms with van der Waals surface area (Å²) in [5, 5.41) is 19.7. The van der Waals surface area contributed by atoms with Gasteiger partial charge in [0.2, 0.25) is 6.79 Å². The number of benzene rings is 2. The number of fused-ring (bicyclic) bond motifs is 2. The van der Waals surface area contributed by atoms with Crippen LogP contribution < -0.4 is 24.8 Å². The van der Waals surface area contributed by atoms with Crippen molar-refractivity contribution in [3.05, 3.63) is 59.0 Å². The van der Waals surface area contributed by atoms with Crippen molar-refractivity contribution in [3.63, 3.8) is 0 Å². The molecule has 0 spiro atoms. The molecule has 13 nitrogen and oxygen atoms in total. The van der Waals surface area contributed by atoms with Gasteiger partial charge in [-0.25, -0.2) is 4.79 Å². The Labute approximate surface area is 287 Å². The van der Waals surface area contributed by atoms with Gasteiger partial charge in [-0.2, -0.15) is 0 Å². The molecule has 13 heteroatoms. The Bertz CT molecular complexity index is 1580. The number of hydrogen-bond acceptors (Lipinski definition) is 10. The second-order valence-electron chi connectivity index (χ2n) is 13.2. The van der Waals surface area contributed by atoms with E-state index in [0.717, 1.165) is 36.3 Å². The SMILES string of the molecule is Cc1noc(C)c1NC(=O)Nc1ccc2c(c1)C(=O)N([C@H](C)CO)C[C@@H](C)[C@H](CN(C)Cc1ccc3c(c1)OCO3)OCCCC[C@@H](C)O2. The molecular weight excluding hydrogens is 630 g/mol. The molecule has 1 aromatic heterocycles. The zero-order valence-electron chi connectivity index (χ0n) is 29.3. The number of aryl methyl sites for hydroxylation is 2. The van der Waals surface area contributed by atoms with Crippen molar-refractivity contribution in [1.29, 1.82) is 0 Å². The molecule has 2 aliphatic rings. The third kappa shape index (κ3) is 9.22. The molecule has 3 amide bonds. The van der Waals surface area contributed by atoms with E-state index in [0.29, 0.717) is 60.4 Å². The van der Waals surface area contributed by atoms with Crippen LogP contribution in [-0.2, 0) is 11.3 Å². The van der Waals surface area contributed by atoms with Gasteiger partial charge in [0.15, 0.2) is 17.3 Å². The molecule has 5 rings (SSSR count). The zero-order valence-corrected chi connectivity index (χ0v) is 29.3. The van der Waals surface area contributed by atoms with E-state index in [1.54, 1.807) is 36.9 Å². The van der Waals surface area contributed by atoms with E-state index in [9.17, 15) is 14.7 Å². The van der Waals surface area contributed by atoms with Gasteiger partial charge in [-0.3, -0.25) is 9.69 Å². The number of amides is 3. The van der Waals surface area contributed by atoms with Gasteiger partial charge in [0.25, 0.3) is 5.91 Å². The Morgan fingerprint density at radius 1 is 1.08 bits per heavy atom. The Morgan fingerprint density at radius 3 is 2.61 bits per heavy atom. The van der Waals surface area contributed by atoms with E-state index in [4.69, 9.17) is 23.5 Å². The fourth-order valence-corrected chi connectivity index (χ4v) is 6.12. The molecule has 0 radical (unpaired) electrons. The molecule has 2 aliphatic heterocycles. The molecule has 0 saturated heterocycles. The lowest BCUT2D eigenvalue weighted by atomic mass is 10.0. The molecule has 0 fully saturated rings. The second kappa shape index (κ2) is 16.4. The number of carbonyl (C=O) groups excluding carboxylic acids is 2. The third-order valence-corrected chi connectivity index (χ3v) is 8.96. The van der Waals surface area contributed by atoms with Crippen molar-refractivity contribution in [1.82, 2.24) is 15.0 Å². The standard InChI is InChI=1S/C36H49N5O8/c1-22-17-41(23(2)20-42)35(43)29-16-28(37-36(44)38-34-25(4)39-49-26(34)5)11-13-30(29)48-24(3)9-7-8-14-45-33(22)19-40(6)18-27-10-12-31-32(15-27)47-21-46-31/h10-13,15-16,22-24,33,42H,7-9,14,17-21H2,1-6H3,(H2,37,38,44)/t22-,23-,24-,33+/m1/s1. The highest BCUT2D eigenvalue weighted by Crippen LogP contribution is 2.33. The van der Waals surface area contributed by atoms with Crippen LogP contribution in [0.15, 0.2) is 40.9 Å².